The maximum atomic E-state index is 11.7. The minimum absolute atomic E-state index is 0.0628. The van der Waals surface area contributed by atoms with Crippen molar-refractivity contribution >= 4 is 28.5 Å². The van der Waals surface area contributed by atoms with Gasteiger partial charge in [-0.1, -0.05) is 0 Å². The van der Waals surface area contributed by atoms with Crippen molar-refractivity contribution in [1.29, 1.82) is 0 Å². The average Bonchev–Trinajstić information content (AvgIpc) is 2.88. The van der Waals surface area contributed by atoms with E-state index < -0.39 is 5.97 Å². The predicted molar refractivity (Wildman–Crippen MR) is 67.8 cm³/mol. The molecule has 2 atom stereocenters. The Morgan fingerprint density at radius 2 is 2.28 bits per heavy atom. The fourth-order valence-corrected chi connectivity index (χ4v) is 2.73. The van der Waals surface area contributed by atoms with Gasteiger partial charge in [0.15, 0.2) is 5.13 Å². The summed E-state index contributed by atoms with van der Waals surface area (Å²) < 4.78 is 0. The number of urea groups is 1. The van der Waals surface area contributed by atoms with Crippen molar-refractivity contribution < 1.29 is 14.7 Å². The summed E-state index contributed by atoms with van der Waals surface area (Å²) in [5, 5.41) is 14.8. The van der Waals surface area contributed by atoms with E-state index in [4.69, 9.17) is 5.11 Å². The molecule has 98 valence electrons. The van der Waals surface area contributed by atoms with E-state index in [9.17, 15) is 9.59 Å². The summed E-state index contributed by atoms with van der Waals surface area (Å²) in [6, 6.07) is -0.382. The van der Waals surface area contributed by atoms with Gasteiger partial charge in [0.25, 0.3) is 0 Å². The molecule has 0 unspecified atom stereocenters. The van der Waals surface area contributed by atoms with E-state index in [0.717, 1.165) is 4.88 Å². The molecule has 3 N–H and O–H groups in total. The quantitative estimate of drug-likeness (QED) is 0.780. The highest BCUT2D eigenvalue weighted by molar-refractivity contribution is 7.15. The van der Waals surface area contributed by atoms with Crippen molar-refractivity contribution in [2.75, 3.05) is 5.32 Å². The summed E-state index contributed by atoms with van der Waals surface area (Å²) in [7, 11) is 0. The van der Waals surface area contributed by atoms with Crippen LogP contribution in [0.5, 0.6) is 0 Å². The number of aliphatic carboxylic acids is 1. The van der Waals surface area contributed by atoms with Gasteiger partial charge in [0.2, 0.25) is 0 Å². The molecule has 1 saturated carbocycles. The van der Waals surface area contributed by atoms with E-state index >= 15 is 0 Å². The van der Waals surface area contributed by atoms with Crippen LogP contribution in [-0.2, 0) is 4.79 Å². The number of thiazole rings is 1. The molecular formula is C11H15N3O3S. The number of carboxylic acid groups (broad SMARTS) is 1. The van der Waals surface area contributed by atoms with Crippen LogP contribution in [0.1, 0.15) is 24.1 Å². The largest absolute Gasteiger partial charge is 0.481 e. The molecule has 18 heavy (non-hydrogen) atoms. The topological polar surface area (TPSA) is 91.3 Å². The molecule has 0 aromatic carbocycles. The number of carbonyl (C=O) groups excluding carboxylic acids is 1. The molecule has 1 heterocycles. The normalized spacial score (nSPS) is 22.7. The molecule has 0 radical (unpaired) electrons. The van der Waals surface area contributed by atoms with Crippen LogP contribution in [-0.4, -0.2) is 28.1 Å². The zero-order valence-corrected chi connectivity index (χ0v) is 10.8. The first-order valence-electron chi connectivity index (χ1n) is 5.77. The molecule has 1 aliphatic carbocycles. The highest BCUT2D eigenvalue weighted by Crippen LogP contribution is 2.25. The first-order chi connectivity index (χ1) is 8.54. The van der Waals surface area contributed by atoms with Crippen molar-refractivity contribution in [1.82, 2.24) is 10.3 Å². The maximum Gasteiger partial charge on any atom is 0.321 e. The first-order valence-corrected chi connectivity index (χ1v) is 6.59. The lowest BCUT2D eigenvalue weighted by atomic mass is 10.1. The highest BCUT2D eigenvalue weighted by atomic mass is 32.1. The zero-order valence-electron chi connectivity index (χ0n) is 9.97. The first kappa shape index (κ1) is 12.8. The smallest absolute Gasteiger partial charge is 0.321 e. The van der Waals surface area contributed by atoms with Crippen LogP contribution in [0.2, 0.25) is 0 Å². The van der Waals surface area contributed by atoms with Crippen molar-refractivity contribution in [3.05, 3.63) is 11.1 Å². The van der Waals surface area contributed by atoms with Crippen molar-refractivity contribution in [3.8, 4) is 0 Å². The number of aryl methyl sites for hydroxylation is 1. The monoisotopic (exact) mass is 269 g/mol. The summed E-state index contributed by atoms with van der Waals surface area (Å²) in [6.45, 7) is 1.91. The van der Waals surface area contributed by atoms with E-state index in [2.05, 4.69) is 15.6 Å². The number of hydrogen-bond donors (Lipinski definition) is 3. The molecule has 1 aromatic heterocycles. The Hall–Kier alpha value is -1.63. The fraction of sp³-hybridized carbons (Fsp3) is 0.545. The lowest BCUT2D eigenvalue weighted by molar-refractivity contribution is -0.141. The molecule has 6 nitrogen and oxygen atoms in total. The summed E-state index contributed by atoms with van der Waals surface area (Å²) >= 11 is 1.40. The molecule has 0 aliphatic heterocycles. The number of carbonyl (C=O) groups is 2. The van der Waals surface area contributed by atoms with E-state index in [1.165, 1.54) is 11.3 Å². The Morgan fingerprint density at radius 3 is 2.83 bits per heavy atom. The number of rotatable bonds is 3. The number of amides is 2. The second-order valence-corrected chi connectivity index (χ2v) is 5.65. The Bertz CT molecular complexity index is 460. The fourth-order valence-electron chi connectivity index (χ4n) is 2.07. The third-order valence-electron chi connectivity index (χ3n) is 2.96. The van der Waals surface area contributed by atoms with Crippen molar-refractivity contribution in [2.24, 2.45) is 5.92 Å². The van der Waals surface area contributed by atoms with Crippen LogP contribution in [0.3, 0.4) is 0 Å². The lowest BCUT2D eigenvalue weighted by Gasteiger charge is -2.12. The van der Waals surface area contributed by atoms with Gasteiger partial charge in [-0.25, -0.2) is 9.78 Å². The van der Waals surface area contributed by atoms with Gasteiger partial charge in [-0.2, -0.15) is 0 Å². The highest BCUT2D eigenvalue weighted by Gasteiger charge is 2.30. The SMILES string of the molecule is Cc1cnc(NC(=O)N[C@H]2CC[C@@H](C(=O)O)C2)s1. The minimum Gasteiger partial charge on any atom is -0.481 e. The van der Waals surface area contributed by atoms with E-state index in [0.29, 0.717) is 24.4 Å². The molecule has 0 spiro atoms. The summed E-state index contributed by atoms with van der Waals surface area (Å²) in [6.07, 6.45) is 3.52. The van der Waals surface area contributed by atoms with Crippen LogP contribution < -0.4 is 10.6 Å². The molecule has 2 rings (SSSR count). The van der Waals surface area contributed by atoms with Gasteiger partial charge in [-0.05, 0) is 26.2 Å². The average molecular weight is 269 g/mol. The Labute approximate surface area is 108 Å². The summed E-state index contributed by atoms with van der Waals surface area (Å²) in [5.74, 6) is -1.12. The van der Waals surface area contributed by atoms with Crippen LogP contribution in [0.25, 0.3) is 0 Å². The standard InChI is InChI=1S/C11H15N3O3S/c1-6-5-12-11(18-6)14-10(17)13-8-3-2-7(4-8)9(15)16/h5,7-8H,2-4H2,1H3,(H,15,16)(H2,12,13,14,17)/t7-,8+/m1/s1. The minimum atomic E-state index is -0.782. The van der Waals surface area contributed by atoms with Crippen molar-refractivity contribution in [3.63, 3.8) is 0 Å². The predicted octanol–water partition coefficient (Wildman–Crippen LogP) is 1.83. The third-order valence-corrected chi connectivity index (χ3v) is 3.79. The molecule has 2 amide bonds. The van der Waals surface area contributed by atoms with Gasteiger partial charge < -0.3 is 10.4 Å². The summed E-state index contributed by atoms with van der Waals surface area (Å²) in [5.41, 5.74) is 0. The number of hydrogen-bond acceptors (Lipinski definition) is 4. The number of carboxylic acids is 1. The lowest BCUT2D eigenvalue weighted by Crippen LogP contribution is -2.36. The molecule has 7 heteroatoms. The van der Waals surface area contributed by atoms with Crippen molar-refractivity contribution in [2.45, 2.75) is 32.2 Å². The molecule has 0 saturated heterocycles. The Kier molecular flexibility index (Phi) is 3.81. The van der Waals surface area contributed by atoms with Gasteiger partial charge in [-0.15, -0.1) is 11.3 Å². The van der Waals surface area contributed by atoms with Gasteiger partial charge >= 0.3 is 12.0 Å². The Balaban J connectivity index is 1.80. The zero-order chi connectivity index (χ0) is 13.1. The van der Waals surface area contributed by atoms with Crippen LogP contribution in [0.15, 0.2) is 6.20 Å². The second-order valence-electron chi connectivity index (χ2n) is 4.42. The van der Waals surface area contributed by atoms with E-state index in [-0.39, 0.29) is 18.0 Å². The number of anilines is 1. The Morgan fingerprint density at radius 1 is 1.50 bits per heavy atom. The second kappa shape index (κ2) is 5.34. The van der Waals surface area contributed by atoms with Gasteiger partial charge in [-0.3, -0.25) is 10.1 Å². The maximum absolute atomic E-state index is 11.7. The molecular weight excluding hydrogens is 254 g/mol. The molecule has 0 bridgehead atoms. The van der Waals surface area contributed by atoms with Gasteiger partial charge in [0, 0.05) is 17.1 Å². The van der Waals surface area contributed by atoms with E-state index in [1.807, 2.05) is 6.92 Å². The van der Waals surface area contributed by atoms with Crippen LogP contribution in [0.4, 0.5) is 9.93 Å². The summed E-state index contributed by atoms with van der Waals surface area (Å²) in [4.78, 5) is 27.5. The number of nitrogens with one attached hydrogen (secondary N) is 2. The molecule has 1 aliphatic rings. The van der Waals surface area contributed by atoms with Crippen LogP contribution in [0, 0.1) is 12.8 Å². The van der Waals surface area contributed by atoms with Gasteiger partial charge in [0.1, 0.15) is 0 Å². The van der Waals surface area contributed by atoms with E-state index in [1.54, 1.807) is 6.20 Å². The number of aromatic nitrogens is 1. The molecule has 1 fully saturated rings. The number of nitrogens with zero attached hydrogens (tertiary/aromatic N) is 1. The third kappa shape index (κ3) is 3.19. The van der Waals surface area contributed by atoms with Gasteiger partial charge in [0.05, 0.1) is 5.92 Å². The van der Waals surface area contributed by atoms with Crippen LogP contribution >= 0.6 is 11.3 Å². The molecule has 1 aromatic rings.